The molecule has 2 aliphatic rings. The van der Waals surface area contributed by atoms with Gasteiger partial charge < -0.3 is 0 Å². The fraction of sp³-hybridized carbons (Fsp3) is 0.185. The zero-order chi connectivity index (χ0) is 22.5. The predicted molar refractivity (Wildman–Crippen MR) is 131 cm³/mol. The molecule has 0 saturated carbocycles. The number of nitrogens with zero attached hydrogens (tertiary/aromatic N) is 4. The van der Waals surface area contributed by atoms with Gasteiger partial charge in [0, 0.05) is 12.1 Å². The molecule has 0 unspecified atom stereocenters. The van der Waals surface area contributed by atoms with Gasteiger partial charge in [0.1, 0.15) is 11.4 Å². The molecule has 2 aliphatic heterocycles. The van der Waals surface area contributed by atoms with Gasteiger partial charge in [0.25, 0.3) is 17.6 Å². The zero-order valence-electron chi connectivity index (χ0n) is 19.5. The first-order valence-electron chi connectivity index (χ1n) is 10.8. The van der Waals surface area contributed by atoms with Crippen LogP contribution in [0.3, 0.4) is 0 Å². The Hall–Kier alpha value is -2.93. The second-order valence-corrected chi connectivity index (χ2v) is 13.2. The van der Waals surface area contributed by atoms with Crippen LogP contribution in [0.25, 0.3) is 0 Å². The number of aryl methyl sites for hydroxylation is 1. The Morgan fingerprint density at radius 1 is 0.788 bits per heavy atom. The number of hydrogen-bond donors (Lipinski definition) is 0. The largest absolute Gasteiger partial charge is 2.00 e. The van der Waals surface area contributed by atoms with Gasteiger partial charge in [-0.2, -0.15) is 34.1 Å². The van der Waals surface area contributed by atoms with Gasteiger partial charge in [-0.25, -0.2) is 0 Å². The molecule has 6 heteroatoms. The quantitative estimate of drug-likeness (QED) is 0.238. The summed E-state index contributed by atoms with van der Waals surface area (Å²) in [6.07, 6.45) is 4.00. The maximum absolute atomic E-state index is 3.75. The van der Waals surface area contributed by atoms with E-state index in [-0.39, 0.29) is 21.1 Å². The number of benzene rings is 3. The molecule has 164 valence electrons. The summed E-state index contributed by atoms with van der Waals surface area (Å²) in [4.78, 5) is 0. The van der Waals surface area contributed by atoms with Gasteiger partial charge in [0.05, 0.1) is 8.07 Å². The van der Waals surface area contributed by atoms with Crippen molar-refractivity contribution in [3.63, 3.8) is 0 Å². The molecule has 4 nitrogen and oxygen atoms in total. The Balaban J connectivity index is 0.00000259. The number of para-hydroxylation sites is 2. The van der Waals surface area contributed by atoms with Crippen molar-refractivity contribution >= 4 is 53.2 Å². The predicted octanol–water partition coefficient (Wildman–Crippen LogP) is 3.66. The van der Waals surface area contributed by atoms with Crippen molar-refractivity contribution in [1.29, 1.82) is 0 Å². The number of hydrogen-bond acceptors (Lipinski definition) is 0. The smallest absolute Gasteiger partial charge is 0.170 e. The summed E-state index contributed by atoms with van der Waals surface area (Å²) in [5.74, 6) is 0. The van der Waals surface area contributed by atoms with Crippen LogP contribution in [0.1, 0.15) is 5.56 Å². The van der Waals surface area contributed by atoms with Crippen molar-refractivity contribution in [1.82, 2.24) is 4.58 Å². The molecular weight excluding hydrogens is 603 g/mol. The van der Waals surface area contributed by atoms with Crippen LogP contribution in [0, 0.1) is 19.1 Å². The molecule has 5 rings (SSSR count). The molecule has 2 heterocycles. The first-order chi connectivity index (χ1) is 15.3. The second kappa shape index (κ2) is 8.78. The van der Waals surface area contributed by atoms with Crippen LogP contribution >= 0.6 is 0 Å². The van der Waals surface area contributed by atoms with Crippen LogP contribution in [0.15, 0.2) is 67.0 Å². The van der Waals surface area contributed by atoms with Crippen LogP contribution in [0.5, 0.6) is 0 Å². The topological polar surface area (TPSA) is 12.0 Å². The summed E-state index contributed by atoms with van der Waals surface area (Å²) >= 11 is 0. The van der Waals surface area contributed by atoms with Gasteiger partial charge in [0.2, 0.25) is 6.20 Å². The zero-order valence-corrected chi connectivity index (χ0v) is 22.7. The van der Waals surface area contributed by atoms with Crippen LogP contribution in [0.2, 0.25) is 13.1 Å². The molecule has 0 spiro atoms. The van der Waals surface area contributed by atoms with Gasteiger partial charge in [-0.15, -0.1) is 12.1 Å². The maximum Gasteiger partial charge on any atom is 2.00 e. The molecule has 33 heavy (non-hydrogen) atoms. The molecule has 0 atom stereocenters. The van der Waals surface area contributed by atoms with Crippen molar-refractivity contribution in [3.8, 4) is 0 Å². The summed E-state index contributed by atoms with van der Waals surface area (Å²) in [7, 11) is 1.96. The summed E-state index contributed by atoms with van der Waals surface area (Å²) in [6, 6.07) is 33.4. The average molecular weight is 630 g/mol. The molecule has 0 aliphatic carbocycles. The molecule has 0 fully saturated rings. The summed E-state index contributed by atoms with van der Waals surface area (Å²) in [5, 5.41) is 2.51. The van der Waals surface area contributed by atoms with E-state index in [1.807, 2.05) is 40.2 Å². The fourth-order valence-corrected chi connectivity index (χ4v) is 6.45. The standard InChI is InChI=1S/C27H26N4Si.Pt/c1-21-15-23(31-20-29(3)26-11-6-7-12-27(26)31)18-25(16-21)32(4,5)24-10-8-9-22(17-24)30-14-13-28(2)19-30;/h6-16H,1-5H3;/q2*+2. The summed E-state index contributed by atoms with van der Waals surface area (Å²) in [6.45, 7) is 6.90. The average Bonchev–Trinajstić information content (AvgIpc) is 3.37. The van der Waals surface area contributed by atoms with Crippen LogP contribution in [-0.4, -0.2) is 47.9 Å². The third-order valence-electron chi connectivity index (χ3n) is 6.06. The monoisotopic (exact) mass is 629 g/mol. The van der Waals surface area contributed by atoms with Gasteiger partial charge in [-0.1, -0.05) is 62.6 Å². The first kappa shape index (κ1) is 23.2. The van der Waals surface area contributed by atoms with Gasteiger partial charge in [-0.3, -0.25) is 0 Å². The Bertz CT molecular complexity index is 1450. The first-order valence-corrected chi connectivity index (χ1v) is 13.8. The number of fused-ring (bicyclic) bond motifs is 1. The van der Waals surface area contributed by atoms with Crippen LogP contribution in [0.4, 0.5) is 22.7 Å². The SMILES string of the molecule is Cc1cc([N+]2=C=[N+](C)c3ccccc32)[c-]c([Si](C)(C)c2[c-]c([N+]3=C=[N+](C)C=C3)ccc2)c1.[Pt+2]. The van der Waals surface area contributed by atoms with E-state index in [4.69, 9.17) is 0 Å². The molecule has 0 amide bonds. The third kappa shape index (κ3) is 4.22. The molecule has 0 radical (unpaired) electrons. The van der Waals surface area contributed by atoms with E-state index in [1.165, 1.54) is 15.9 Å². The fourth-order valence-electron chi connectivity index (χ4n) is 4.17. The van der Waals surface area contributed by atoms with E-state index in [0.29, 0.717) is 0 Å². The van der Waals surface area contributed by atoms with Crippen molar-refractivity contribution < 1.29 is 34.8 Å². The molecular formula is C27H26N4PtSi+4. The van der Waals surface area contributed by atoms with Gasteiger partial charge >= 0.3 is 33.1 Å². The molecule has 3 aromatic carbocycles. The maximum atomic E-state index is 3.75. The van der Waals surface area contributed by atoms with E-state index >= 15 is 0 Å². The summed E-state index contributed by atoms with van der Waals surface area (Å²) < 4.78 is 8.06. The van der Waals surface area contributed by atoms with Crippen molar-refractivity contribution in [3.05, 3.63) is 84.7 Å². The van der Waals surface area contributed by atoms with E-state index in [0.717, 1.165) is 22.7 Å². The van der Waals surface area contributed by atoms with Crippen LogP contribution < -0.4 is 14.9 Å². The Labute approximate surface area is 210 Å². The summed E-state index contributed by atoms with van der Waals surface area (Å²) in [5.41, 5.74) is 5.54. The van der Waals surface area contributed by atoms with Gasteiger partial charge in [-0.05, 0) is 0 Å². The molecule has 3 aromatic rings. The molecule has 0 bridgehead atoms. The molecule has 0 saturated heterocycles. The Morgan fingerprint density at radius 3 is 2.24 bits per heavy atom. The van der Waals surface area contributed by atoms with Crippen molar-refractivity contribution in [2.75, 3.05) is 14.1 Å². The second-order valence-electron chi connectivity index (χ2n) is 8.89. The Kier molecular flexibility index (Phi) is 6.18. The van der Waals surface area contributed by atoms with Gasteiger partial charge in [0.15, 0.2) is 14.1 Å². The van der Waals surface area contributed by atoms with Crippen molar-refractivity contribution in [2.45, 2.75) is 20.0 Å². The van der Waals surface area contributed by atoms with E-state index < -0.39 is 8.07 Å². The number of rotatable bonds is 4. The van der Waals surface area contributed by atoms with E-state index in [2.05, 4.69) is 103 Å². The van der Waals surface area contributed by atoms with Crippen molar-refractivity contribution in [2.24, 2.45) is 0 Å². The van der Waals surface area contributed by atoms with Crippen LogP contribution in [-0.2, 0) is 21.1 Å². The normalized spacial score (nSPS) is 14.2. The third-order valence-corrected chi connectivity index (χ3v) is 9.32. The molecule has 0 N–H and O–H groups in total. The van der Waals surface area contributed by atoms with E-state index in [1.54, 1.807) is 0 Å². The Morgan fingerprint density at radius 2 is 1.52 bits per heavy atom. The minimum atomic E-state index is -2.05. The molecule has 0 aromatic heterocycles. The van der Waals surface area contributed by atoms with E-state index in [9.17, 15) is 0 Å². The minimum Gasteiger partial charge on any atom is -0.170 e. The minimum absolute atomic E-state index is 0.